The highest BCUT2D eigenvalue weighted by Gasteiger charge is 2.38. The van der Waals surface area contributed by atoms with Crippen LogP contribution in [0, 0.1) is 11.8 Å². The van der Waals surface area contributed by atoms with E-state index in [9.17, 15) is 9.36 Å². The Hall–Kier alpha value is -0.0900. The van der Waals surface area contributed by atoms with Gasteiger partial charge in [0.2, 0.25) is 5.85 Å². The Morgan fingerprint density at radius 2 is 1.53 bits per heavy atom. The normalized spacial score (nSPS) is 13.9. The molecule has 0 saturated heterocycles. The van der Waals surface area contributed by atoms with Gasteiger partial charge < -0.3 is 13.8 Å². The van der Waals surface area contributed by atoms with Crippen molar-refractivity contribution >= 4 is 25.2 Å². The number of ether oxygens (including phenoxy) is 1. The zero-order valence-corrected chi connectivity index (χ0v) is 13.9. The van der Waals surface area contributed by atoms with Crippen molar-refractivity contribution in [1.29, 1.82) is 0 Å². The first-order valence-electron chi connectivity index (χ1n) is 6.33. The minimum atomic E-state index is -3.57. The predicted octanol–water partition coefficient (Wildman–Crippen LogP) is 3.65. The van der Waals surface area contributed by atoms with Crippen molar-refractivity contribution in [2.45, 2.75) is 40.5 Å². The smallest absolute Gasteiger partial charge is 0.372 e. The van der Waals surface area contributed by atoms with Gasteiger partial charge in [-0.2, -0.15) is 0 Å². The molecule has 19 heavy (non-hydrogen) atoms. The second kappa shape index (κ2) is 8.96. The molecule has 0 heterocycles. The first-order chi connectivity index (χ1) is 8.71. The molecule has 5 nitrogen and oxygen atoms in total. The maximum absolute atomic E-state index is 12.7. The molecule has 0 amide bonds. The van der Waals surface area contributed by atoms with Crippen molar-refractivity contribution in [3.63, 3.8) is 0 Å². The fourth-order valence-corrected chi connectivity index (χ4v) is 3.52. The lowest BCUT2D eigenvalue weighted by Gasteiger charge is -2.26. The highest BCUT2D eigenvalue weighted by atomic mass is 35.5. The molecule has 0 spiro atoms. The third-order valence-corrected chi connectivity index (χ3v) is 4.47. The van der Waals surface area contributed by atoms with E-state index in [0.717, 1.165) is 0 Å². The molecular formula is C12H24ClO5P. The summed E-state index contributed by atoms with van der Waals surface area (Å²) in [5.74, 6) is -1.39. The third-order valence-electron chi connectivity index (χ3n) is 1.96. The number of hydrogen-bond acceptors (Lipinski definition) is 5. The Kier molecular flexibility index (Phi) is 8.92. The van der Waals surface area contributed by atoms with Crippen LogP contribution in [0.1, 0.15) is 34.6 Å². The van der Waals surface area contributed by atoms with Crippen molar-refractivity contribution in [2.75, 3.05) is 19.1 Å². The van der Waals surface area contributed by atoms with Crippen LogP contribution in [0.3, 0.4) is 0 Å². The Morgan fingerprint density at radius 3 is 1.79 bits per heavy atom. The number of carbonyl (C=O) groups excluding carboxylic acids is 1. The second-order valence-corrected chi connectivity index (χ2v) is 7.62. The number of carbonyl (C=O) groups is 1. The van der Waals surface area contributed by atoms with E-state index in [2.05, 4.69) is 0 Å². The van der Waals surface area contributed by atoms with Crippen LogP contribution < -0.4 is 0 Å². The Bertz CT molecular complexity index is 303. The van der Waals surface area contributed by atoms with Gasteiger partial charge in [-0.1, -0.05) is 27.7 Å². The maximum Gasteiger partial charge on any atom is 0.372 e. The molecule has 0 aromatic heterocycles. The van der Waals surface area contributed by atoms with Crippen LogP contribution in [-0.2, 0) is 23.1 Å². The lowest BCUT2D eigenvalue weighted by molar-refractivity contribution is -0.143. The van der Waals surface area contributed by atoms with Crippen LogP contribution in [-0.4, -0.2) is 30.9 Å². The van der Waals surface area contributed by atoms with Crippen LogP contribution in [0.4, 0.5) is 0 Å². The van der Waals surface area contributed by atoms with Crippen molar-refractivity contribution in [1.82, 2.24) is 0 Å². The molecule has 0 radical (unpaired) electrons. The molecule has 0 rings (SSSR count). The van der Waals surface area contributed by atoms with E-state index in [1.165, 1.54) is 6.92 Å². The van der Waals surface area contributed by atoms with E-state index in [1.807, 2.05) is 27.7 Å². The number of alkyl halides is 1. The molecule has 0 aliphatic carbocycles. The Balaban J connectivity index is 4.87. The highest BCUT2D eigenvalue weighted by Crippen LogP contribution is 2.54. The van der Waals surface area contributed by atoms with Gasteiger partial charge in [0.1, 0.15) is 0 Å². The minimum absolute atomic E-state index is 0.132. The number of hydrogen-bond donors (Lipinski definition) is 0. The molecule has 0 saturated carbocycles. The zero-order valence-electron chi connectivity index (χ0n) is 12.2. The molecule has 0 N–H and O–H groups in total. The number of rotatable bonds is 9. The monoisotopic (exact) mass is 314 g/mol. The van der Waals surface area contributed by atoms with Crippen molar-refractivity contribution < 1.29 is 23.1 Å². The summed E-state index contributed by atoms with van der Waals surface area (Å²) in [7, 11) is -3.57. The van der Waals surface area contributed by atoms with Crippen LogP contribution in [0.2, 0.25) is 0 Å². The van der Waals surface area contributed by atoms with E-state index >= 15 is 0 Å². The van der Waals surface area contributed by atoms with Gasteiger partial charge in [0.05, 0.1) is 19.1 Å². The first-order valence-corrected chi connectivity index (χ1v) is 8.47. The van der Waals surface area contributed by atoms with E-state index in [0.29, 0.717) is 0 Å². The number of halogens is 1. The molecule has 7 heteroatoms. The molecule has 1 unspecified atom stereocenters. The van der Waals surface area contributed by atoms with Crippen molar-refractivity contribution in [2.24, 2.45) is 11.8 Å². The zero-order chi connectivity index (χ0) is 15.1. The summed E-state index contributed by atoms with van der Waals surface area (Å²) in [6.45, 7) is 9.44. The molecule has 0 aromatic rings. The molecule has 0 bridgehead atoms. The molecule has 114 valence electrons. The van der Waals surface area contributed by atoms with Gasteiger partial charge in [0, 0.05) is 6.92 Å². The first kappa shape index (κ1) is 18.9. The Labute approximate surface area is 120 Å². The fourth-order valence-electron chi connectivity index (χ4n) is 1.08. The minimum Gasteiger partial charge on any atom is -0.448 e. The molecule has 0 fully saturated rings. The predicted molar refractivity (Wildman–Crippen MR) is 75.5 cm³/mol. The second-order valence-electron chi connectivity index (χ2n) is 5.14. The summed E-state index contributed by atoms with van der Waals surface area (Å²) in [6, 6.07) is 0. The van der Waals surface area contributed by atoms with Crippen molar-refractivity contribution in [3.05, 3.63) is 0 Å². The van der Waals surface area contributed by atoms with Crippen LogP contribution in [0.15, 0.2) is 0 Å². The lowest BCUT2D eigenvalue weighted by atomic mass is 10.2. The van der Waals surface area contributed by atoms with E-state index in [4.69, 9.17) is 25.4 Å². The summed E-state index contributed by atoms with van der Waals surface area (Å²) in [6.07, 6.45) is 0. The average Bonchev–Trinajstić information content (AvgIpc) is 2.30. The van der Waals surface area contributed by atoms with Gasteiger partial charge in [0.25, 0.3) is 0 Å². The largest absolute Gasteiger partial charge is 0.448 e. The lowest BCUT2D eigenvalue weighted by Crippen LogP contribution is -2.23. The van der Waals surface area contributed by atoms with Crippen LogP contribution in [0.25, 0.3) is 0 Å². The van der Waals surface area contributed by atoms with Gasteiger partial charge in [-0.25, -0.2) is 0 Å². The summed E-state index contributed by atoms with van der Waals surface area (Å²) in [4.78, 5) is 11.0. The summed E-state index contributed by atoms with van der Waals surface area (Å²) < 4.78 is 28.4. The summed E-state index contributed by atoms with van der Waals surface area (Å²) >= 11 is 5.72. The molecule has 0 aliphatic heterocycles. The maximum atomic E-state index is 12.7. The quantitative estimate of drug-likeness (QED) is 0.369. The van der Waals surface area contributed by atoms with Gasteiger partial charge in [-0.05, 0) is 11.8 Å². The van der Waals surface area contributed by atoms with Crippen LogP contribution >= 0.6 is 19.2 Å². The fraction of sp³-hybridized carbons (Fsp3) is 0.917. The molecular weight excluding hydrogens is 291 g/mol. The molecule has 0 aliphatic rings. The van der Waals surface area contributed by atoms with E-state index in [1.54, 1.807) is 0 Å². The third kappa shape index (κ3) is 7.93. The van der Waals surface area contributed by atoms with E-state index in [-0.39, 0.29) is 30.9 Å². The van der Waals surface area contributed by atoms with Gasteiger partial charge in [0.15, 0.2) is 0 Å². The van der Waals surface area contributed by atoms with E-state index < -0.39 is 19.4 Å². The highest BCUT2D eigenvalue weighted by molar-refractivity contribution is 7.54. The summed E-state index contributed by atoms with van der Waals surface area (Å²) in [5, 5.41) is 0. The van der Waals surface area contributed by atoms with Gasteiger partial charge >= 0.3 is 13.6 Å². The van der Waals surface area contributed by atoms with Gasteiger partial charge in [-0.3, -0.25) is 9.36 Å². The Morgan fingerprint density at radius 1 is 1.11 bits per heavy atom. The average molecular weight is 315 g/mol. The van der Waals surface area contributed by atoms with Gasteiger partial charge in [-0.15, -0.1) is 11.6 Å². The standard InChI is InChI=1S/C12H24ClO5P/c1-9(2)7-16-19(15,17-8-10(3)4)12(6-13)18-11(5)14/h9-10,12H,6-8H2,1-5H3. The van der Waals surface area contributed by atoms with Crippen LogP contribution in [0.5, 0.6) is 0 Å². The van der Waals surface area contributed by atoms with Crippen molar-refractivity contribution in [3.8, 4) is 0 Å². The number of esters is 1. The topological polar surface area (TPSA) is 61.8 Å². The SMILES string of the molecule is CC(=O)OC(CCl)P(=O)(OCC(C)C)OCC(C)C. The molecule has 1 atom stereocenters. The molecule has 0 aromatic carbocycles. The summed E-state index contributed by atoms with van der Waals surface area (Å²) in [5.41, 5.74) is 0.